The standard InChI is InChI=1S/C19H29N3O2S/c23-14-17-13-22(19(24)15-25-18-5-7-20-8-6-18)12-16(17)11-21-9-3-1-2-4-10-21/h5-8,16-17,23H,1-4,9-15H2/t16-,17-/m1/s1. The first-order valence-corrected chi connectivity index (χ1v) is 10.4. The molecule has 0 aromatic carbocycles. The van der Waals surface area contributed by atoms with Gasteiger partial charge in [0.25, 0.3) is 0 Å². The number of pyridine rings is 1. The first kappa shape index (κ1) is 18.7. The van der Waals surface area contributed by atoms with E-state index in [0.717, 1.165) is 18.0 Å². The maximum absolute atomic E-state index is 12.6. The molecule has 0 radical (unpaired) electrons. The van der Waals surface area contributed by atoms with E-state index in [4.69, 9.17) is 0 Å². The molecule has 0 spiro atoms. The second kappa shape index (κ2) is 9.55. The number of carbonyl (C=O) groups excluding carboxylic acids is 1. The molecule has 2 saturated heterocycles. The summed E-state index contributed by atoms with van der Waals surface area (Å²) in [6.07, 6.45) is 8.73. The van der Waals surface area contributed by atoms with Crippen molar-refractivity contribution in [1.29, 1.82) is 0 Å². The highest BCUT2D eigenvalue weighted by atomic mass is 32.2. The first-order chi connectivity index (χ1) is 12.3. The highest BCUT2D eigenvalue weighted by Gasteiger charge is 2.35. The van der Waals surface area contributed by atoms with Gasteiger partial charge >= 0.3 is 0 Å². The van der Waals surface area contributed by atoms with E-state index in [1.165, 1.54) is 38.8 Å². The molecule has 25 heavy (non-hydrogen) atoms. The first-order valence-electron chi connectivity index (χ1n) is 9.40. The van der Waals surface area contributed by atoms with Crippen LogP contribution in [0.25, 0.3) is 0 Å². The smallest absolute Gasteiger partial charge is 0.232 e. The van der Waals surface area contributed by atoms with Crippen LogP contribution < -0.4 is 0 Å². The third-order valence-electron chi connectivity index (χ3n) is 5.37. The molecule has 6 heteroatoms. The van der Waals surface area contributed by atoms with Gasteiger partial charge in [-0.3, -0.25) is 9.78 Å². The molecule has 0 bridgehead atoms. The molecule has 5 nitrogen and oxygen atoms in total. The molecule has 2 aliphatic rings. The van der Waals surface area contributed by atoms with E-state index in [9.17, 15) is 9.90 Å². The summed E-state index contributed by atoms with van der Waals surface area (Å²) >= 11 is 1.56. The number of likely N-dealkylation sites (tertiary alicyclic amines) is 2. The lowest BCUT2D eigenvalue weighted by Crippen LogP contribution is -2.35. The molecule has 1 N–H and O–H groups in total. The molecule has 3 rings (SSSR count). The summed E-state index contributed by atoms with van der Waals surface area (Å²) in [5.74, 6) is 1.26. The summed E-state index contributed by atoms with van der Waals surface area (Å²) in [6, 6.07) is 3.86. The minimum Gasteiger partial charge on any atom is -0.396 e. The van der Waals surface area contributed by atoms with Gasteiger partial charge < -0.3 is 14.9 Å². The molecule has 0 aliphatic carbocycles. The van der Waals surface area contributed by atoms with Crippen molar-refractivity contribution in [2.45, 2.75) is 30.6 Å². The van der Waals surface area contributed by atoms with E-state index in [1.807, 2.05) is 17.0 Å². The van der Waals surface area contributed by atoms with Gasteiger partial charge in [-0.25, -0.2) is 0 Å². The van der Waals surface area contributed by atoms with Gasteiger partial charge in [0, 0.05) is 49.4 Å². The van der Waals surface area contributed by atoms with Gasteiger partial charge in [0.2, 0.25) is 5.91 Å². The highest BCUT2D eigenvalue weighted by molar-refractivity contribution is 8.00. The zero-order valence-electron chi connectivity index (χ0n) is 14.8. The zero-order valence-corrected chi connectivity index (χ0v) is 15.7. The predicted octanol–water partition coefficient (Wildman–Crippen LogP) is 2.12. The largest absolute Gasteiger partial charge is 0.396 e. The monoisotopic (exact) mass is 363 g/mol. The summed E-state index contributed by atoms with van der Waals surface area (Å²) < 4.78 is 0. The Kier molecular flexibility index (Phi) is 7.13. The van der Waals surface area contributed by atoms with Gasteiger partial charge in [-0.05, 0) is 44.0 Å². The van der Waals surface area contributed by atoms with Crippen LogP contribution in [0.15, 0.2) is 29.4 Å². The fraction of sp³-hybridized carbons (Fsp3) is 0.684. The maximum atomic E-state index is 12.6. The van der Waals surface area contributed by atoms with Crippen LogP contribution in [0.2, 0.25) is 0 Å². The Morgan fingerprint density at radius 2 is 1.80 bits per heavy atom. The summed E-state index contributed by atoms with van der Waals surface area (Å²) in [7, 11) is 0. The molecule has 2 fully saturated rings. The number of carbonyl (C=O) groups is 1. The van der Waals surface area contributed by atoms with Crippen molar-refractivity contribution in [2.24, 2.45) is 11.8 Å². The molecular formula is C19H29N3O2S. The van der Waals surface area contributed by atoms with Crippen LogP contribution in [0.3, 0.4) is 0 Å². The fourth-order valence-corrected chi connectivity index (χ4v) is 4.66. The fourth-order valence-electron chi connectivity index (χ4n) is 3.88. The quantitative estimate of drug-likeness (QED) is 0.785. The second-order valence-corrected chi connectivity index (χ2v) is 8.24. The van der Waals surface area contributed by atoms with Crippen LogP contribution in [-0.2, 0) is 4.79 Å². The molecule has 0 unspecified atom stereocenters. The van der Waals surface area contributed by atoms with Gasteiger partial charge in [0.15, 0.2) is 0 Å². The average molecular weight is 364 g/mol. The molecule has 3 heterocycles. The van der Waals surface area contributed by atoms with Crippen LogP contribution in [0.5, 0.6) is 0 Å². The molecule has 2 atom stereocenters. The third kappa shape index (κ3) is 5.43. The Hall–Kier alpha value is -1.11. The maximum Gasteiger partial charge on any atom is 0.232 e. The van der Waals surface area contributed by atoms with Gasteiger partial charge in [-0.2, -0.15) is 0 Å². The molecule has 0 saturated carbocycles. The summed E-state index contributed by atoms with van der Waals surface area (Å²) in [5.41, 5.74) is 0. The number of thioether (sulfide) groups is 1. The van der Waals surface area contributed by atoms with Crippen molar-refractivity contribution in [3.8, 4) is 0 Å². The minimum atomic E-state index is 0.179. The van der Waals surface area contributed by atoms with E-state index in [0.29, 0.717) is 18.2 Å². The lowest BCUT2D eigenvalue weighted by molar-refractivity contribution is -0.127. The third-order valence-corrected chi connectivity index (χ3v) is 6.36. The van der Waals surface area contributed by atoms with Crippen molar-refractivity contribution < 1.29 is 9.90 Å². The van der Waals surface area contributed by atoms with Gasteiger partial charge in [0.1, 0.15) is 0 Å². The number of aliphatic hydroxyl groups is 1. The van der Waals surface area contributed by atoms with Crippen LogP contribution in [-0.4, -0.2) is 70.9 Å². The van der Waals surface area contributed by atoms with E-state index >= 15 is 0 Å². The predicted molar refractivity (Wildman–Crippen MR) is 101 cm³/mol. The van der Waals surface area contributed by atoms with Crippen molar-refractivity contribution in [2.75, 3.05) is 45.1 Å². The Bertz CT molecular complexity index is 535. The number of hydrogen-bond acceptors (Lipinski definition) is 5. The molecule has 1 amide bonds. The normalized spacial score (nSPS) is 25.1. The number of rotatable bonds is 6. The lowest BCUT2D eigenvalue weighted by Gasteiger charge is -2.26. The highest BCUT2D eigenvalue weighted by Crippen LogP contribution is 2.26. The Balaban J connectivity index is 1.50. The summed E-state index contributed by atoms with van der Waals surface area (Å²) in [5, 5.41) is 9.76. The SMILES string of the molecule is O=C(CSc1ccncc1)N1C[C@@H](CN2CCCCCC2)[C@@H](CO)C1. The van der Waals surface area contributed by atoms with Gasteiger partial charge in [-0.1, -0.05) is 12.8 Å². The van der Waals surface area contributed by atoms with Crippen LogP contribution in [0.4, 0.5) is 0 Å². The van der Waals surface area contributed by atoms with Crippen molar-refractivity contribution in [3.63, 3.8) is 0 Å². The van der Waals surface area contributed by atoms with Crippen molar-refractivity contribution >= 4 is 17.7 Å². The number of aromatic nitrogens is 1. The Morgan fingerprint density at radius 3 is 2.48 bits per heavy atom. The summed E-state index contributed by atoms with van der Waals surface area (Å²) in [6.45, 7) is 5.02. The van der Waals surface area contributed by atoms with Crippen LogP contribution in [0.1, 0.15) is 25.7 Å². The number of aliphatic hydroxyl groups excluding tert-OH is 1. The van der Waals surface area contributed by atoms with Gasteiger partial charge in [0.05, 0.1) is 5.75 Å². The number of hydrogen-bond donors (Lipinski definition) is 1. The van der Waals surface area contributed by atoms with E-state index in [2.05, 4.69) is 9.88 Å². The molecule has 1 aromatic rings. The van der Waals surface area contributed by atoms with Crippen LogP contribution >= 0.6 is 11.8 Å². The average Bonchev–Trinajstić information content (AvgIpc) is 2.87. The zero-order chi connectivity index (χ0) is 17.5. The summed E-state index contributed by atoms with van der Waals surface area (Å²) in [4.78, 5) is 22.1. The second-order valence-electron chi connectivity index (χ2n) is 7.19. The molecule has 138 valence electrons. The topological polar surface area (TPSA) is 56.7 Å². The number of amides is 1. The molecule has 1 aromatic heterocycles. The Labute approximate surface area is 154 Å². The van der Waals surface area contributed by atoms with Crippen molar-refractivity contribution in [3.05, 3.63) is 24.5 Å². The Morgan fingerprint density at radius 1 is 1.12 bits per heavy atom. The van der Waals surface area contributed by atoms with Crippen molar-refractivity contribution in [1.82, 2.24) is 14.8 Å². The van der Waals surface area contributed by atoms with E-state index in [-0.39, 0.29) is 18.4 Å². The van der Waals surface area contributed by atoms with Crippen LogP contribution in [0, 0.1) is 11.8 Å². The minimum absolute atomic E-state index is 0.179. The van der Waals surface area contributed by atoms with E-state index in [1.54, 1.807) is 24.2 Å². The lowest BCUT2D eigenvalue weighted by atomic mass is 9.96. The number of nitrogens with zero attached hydrogens (tertiary/aromatic N) is 3. The van der Waals surface area contributed by atoms with E-state index < -0.39 is 0 Å². The molecule has 2 aliphatic heterocycles. The molecular weight excluding hydrogens is 334 g/mol. The van der Waals surface area contributed by atoms with Gasteiger partial charge in [-0.15, -0.1) is 11.8 Å².